The molecule has 112 valence electrons. The van der Waals surface area contributed by atoms with Gasteiger partial charge in [-0.1, -0.05) is 0 Å². The van der Waals surface area contributed by atoms with Crippen LogP contribution in [0.1, 0.15) is 26.7 Å². The molecule has 2 heterocycles. The molecule has 0 spiro atoms. The van der Waals surface area contributed by atoms with Gasteiger partial charge in [-0.2, -0.15) is 0 Å². The molecule has 0 bridgehead atoms. The van der Waals surface area contributed by atoms with Crippen molar-refractivity contribution in [3.63, 3.8) is 0 Å². The summed E-state index contributed by atoms with van der Waals surface area (Å²) in [4.78, 5) is 10.8. The van der Waals surface area contributed by atoms with Gasteiger partial charge in [-0.25, -0.2) is 9.97 Å². The lowest BCUT2D eigenvalue weighted by molar-refractivity contribution is 0.0212. The van der Waals surface area contributed by atoms with Crippen LogP contribution in [0.5, 0.6) is 5.88 Å². The van der Waals surface area contributed by atoms with Crippen molar-refractivity contribution in [2.45, 2.75) is 38.9 Å². The summed E-state index contributed by atoms with van der Waals surface area (Å²) in [6.07, 6.45) is 5.57. The number of aliphatic hydroxyl groups is 1. The van der Waals surface area contributed by atoms with E-state index in [-0.39, 0.29) is 18.8 Å². The average Bonchev–Trinajstić information content (AvgIpc) is 2.45. The zero-order valence-corrected chi connectivity index (χ0v) is 12.2. The number of aliphatic hydroxyl groups excluding tert-OH is 1. The molecule has 0 radical (unpaired) electrons. The minimum absolute atomic E-state index is 0.0589. The number of ether oxygens (including phenoxy) is 2. The maximum absolute atomic E-state index is 8.84. The van der Waals surface area contributed by atoms with Gasteiger partial charge in [0, 0.05) is 25.5 Å². The maximum Gasteiger partial charge on any atom is 0.257 e. The molecule has 1 saturated heterocycles. The molecule has 1 aliphatic heterocycles. The first kappa shape index (κ1) is 15.0. The van der Waals surface area contributed by atoms with Gasteiger partial charge in [0.15, 0.2) is 5.82 Å². The third-order valence-electron chi connectivity index (χ3n) is 3.12. The third-order valence-corrected chi connectivity index (χ3v) is 3.12. The molecule has 0 aliphatic carbocycles. The first-order valence-corrected chi connectivity index (χ1v) is 7.15. The minimum Gasteiger partial charge on any atom is -0.472 e. The van der Waals surface area contributed by atoms with Crippen LogP contribution in [0.2, 0.25) is 0 Å². The van der Waals surface area contributed by atoms with E-state index in [9.17, 15) is 0 Å². The molecule has 20 heavy (non-hydrogen) atoms. The molecular formula is C14H23N3O3. The van der Waals surface area contributed by atoms with Crippen LogP contribution >= 0.6 is 0 Å². The van der Waals surface area contributed by atoms with Crippen LogP contribution in [0.4, 0.5) is 5.82 Å². The van der Waals surface area contributed by atoms with Crippen LogP contribution in [-0.2, 0) is 4.74 Å². The van der Waals surface area contributed by atoms with Crippen molar-refractivity contribution in [3.05, 3.63) is 12.4 Å². The first-order valence-electron chi connectivity index (χ1n) is 7.15. The molecular weight excluding hydrogens is 258 g/mol. The van der Waals surface area contributed by atoms with E-state index in [1.54, 1.807) is 12.4 Å². The van der Waals surface area contributed by atoms with Crippen LogP contribution in [-0.4, -0.2) is 53.6 Å². The van der Waals surface area contributed by atoms with Crippen LogP contribution in [0.25, 0.3) is 0 Å². The molecule has 1 unspecified atom stereocenters. The standard InChI is InChI=1S/C14H23N3O3/c1-11(2)20-14-13(15-5-6-16-14)17-7-3-4-12(10-17)19-9-8-18/h5-6,11-12,18H,3-4,7-10H2,1-2H3. The highest BCUT2D eigenvalue weighted by molar-refractivity contribution is 5.48. The van der Waals surface area contributed by atoms with E-state index in [1.165, 1.54) is 0 Å². The summed E-state index contributed by atoms with van der Waals surface area (Å²) in [5.41, 5.74) is 0. The highest BCUT2D eigenvalue weighted by atomic mass is 16.5. The van der Waals surface area contributed by atoms with Gasteiger partial charge in [0.05, 0.1) is 25.4 Å². The van der Waals surface area contributed by atoms with Crippen molar-refractivity contribution in [3.8, 4) is 5.88 Å². The fraction of sp³-hybridized carbons (Fsp3) is 0.714. The zero-order valence-electron chi connectivity index (χ0n) is 12.2. The fourth-order valence-electron chi connectivity index (χ4n) is 2.33. The van der Waals surface area contributed by atoms with Crippen LogP contribution in [0.15, 0.2) is 12.4 Å². The molecule has 1 fully saturated rings. The summed E-state index contributed by atoms with van der Waals surface area (Å²) < 4.78 is 11.3. The number of anilines is 1. The summed E-state index contributed by atoms with van der Waals surface area (Å²) in [7, 11) is 0. The molecule has 6 nitrogen and oxygen atoms in total. The Labute approximate surface area is 119 Å². The Bertz CT molecular complexity index is 414. The Morgan fingerprint density at radius 1 is 1.40 bits per heavy atom. The fourth-order valence-corrected chi connectivity index (χ4v) is 2.33. The topological polar surface area (TPSA) is 67.7 Å². The van der Waals surface area contributed by atoms with Gasteiger partial charge in [-0.05, 0) is 26.7 Å². The van der Waals surface area contributed by atoms with E-state index in [0.29, 0.717) is 12.5 Å². The molecule has 1 aromatic rings. The normalized spacial score (nSPS) is 19.4. The molecule has 0 saturated carbocycles. The Morgan fingerprint density at radius 2 is 2.20 bits per heavy atom. The number of rotatable bonds is 6. The van der Waals surface area contributed by atoms with Gasteiger partial charge in [-0.3, -0.25) is 0 Å². The van der Waals surface area contributed by atoms with Crippen LogP contribution in [0.3, 0.4) is 0 Å². The highest BCUT2D eigenvalue weighted by Gasteiger charge is 2.24. The molecule has 1 N–H and O–H groups in total. The van der Waals surface area contributed by atoms with E-state index in [1.807, 2.05) is 13.8 Å². The summed E-state index contributed by atoms with van der Waals surface area (Å²) in [5.74, 6) is 1.35. The largest absolute Gasteiger partial charge is 0.472 e. The number of hydrogen-bond donors (Lipinski definition) is 1. The molecule has 1 aliphatic rings. The second-order valence-electron chi connectivity index (χ2n) is 5.16. The molecule has 0 amide bonds. The summed E-state index contributed by atoms with van der Waals surface area (Å²) in [5, 5.41) is 8.84. The Balaban J connectivity index is 2.06. The van der Waals surface area contributed by atoms with Gasteiger partial charge < -0.3 is 19.5 Å². The molecule has 2 rings (SSSR count). The van der Waals surface area contributed by atoms with Gasteiger partial charge in [-0.15, -0.1) is 0 Å². The Hall–Kier alpha value is -1.40. The van der Waals surface area contributed by atoms with E-state index >= 15 is 0 Å². The highest BCUT2D eigenvalue weighted by Crippen LogP contribution is 2.27. The van der Waals surface area contributed by atoms with Crippen molar-refractivity contribution in [2.75, 3.05) is 31.2 Å². The first-order chi connectivity index (χ1) is 9.70. The monoisotopic (exact) mass is 281 g/mol. The molecule has 1 atom stereocenters. The van der Waals surface area contributed by atoms with Crippen molar-refractivity contribution < 1.29 is 14.6 Å². The molecule has 1 aromatic heterocycles. The maximum atomic E-state index is 8.84. The smallest absolute Gasteiger partial charge is 0.257 e. The van der Waals surface area contributed by atoms with E-state index in [0.717, 1.165) is 31.7 Å². The third kappa shape index (κ3) is 4.05. The quantitative estimate of drug-likeness (QED) is 0.846. The summed E-state index contributed by atoms with van der Waals surface area (Å²) in [6, 6.07) is 0. The predicted octanol–water partition coefficient (Wildman–Crippen LogP) is 1.24. The number of hydrogen-bond acceptors (Lipinski definition) is 6. The second-order valence-corrected chi connectivity index (χ2v) is 5.16. The molecule has 6 heteroatoms. The number of piperidine rings is 1. The Kier molecular flexibility index (Phi) is 5.55. The van der Waals surface area contributed by atoms with Gasteiger partial charge in [0.2, 0.25) is 0 Å². The Morgan fingerprint density at radius 3 is 2.95 bits per heavy atom. The van der Waals surface area contributed by atoms with E-state index in [4.69, 9.17) is 14.6 Å². The summed E-state index contributed by atoms with van der Waals surface area (Å²) in [6.45, 7) is 6.07. The lowest BCUT2D eigenvalue weighted by Gasteiger charge is -2.33. The minimum atomic E-state index is 0.0589. The van der Waals surface area contributed by atoms with Crippen molar-refractivity contribution >= 4 is 5.82 Å². The summed E-state index contributed by atoms with van der Waals surface area (Å²) >= 11 is 0. The van der Waals surface area contributed by atoms with Crippen molar-refractivity contribution in [2.24, 2.45) is 0 Å². The zero-order chi connectivity index (χ0) is 14.4. The number of nitrogens with zero attached hydrogens (tertiary/aromatic N) is 3. The SMILES string of the molecule is CC(C)Oc1nccnc1N1CCCC(OCCO)C1. The lowest BCUT2D eigenvalue weighted by Crippen LogP contribution is -2.40. The van der Waals surface area contributed by atoms with Crippen LogP contribution in [0, 0.1) is 0 Å². The number of aromatic nitrogens is 2. The molecule has 0 aromatic carbocycles. The predicted molar refractivity (Wildman–Crippen MR) is 76.1 cm³/mol. The van der Waals surface area contributed by atoms with E-state index < -0.39 is 0 Å². The van der Waals surface area contributed by atoms with Gasteiger partial charge in [0.1, 0.15) is 0 Å². The van der Waals surface area contributed by atoms with E-state index in [2.05, 4.69) is 14.9 Å². The van der Waals surface area contributed by atoms with Crippen molar-refractivity contribution in [1.82, 2.24) is 9.97 Å². The van der Waals surface area contributed by atoms with Gasteiger partial charge >= 0.3 is 0 Å². The van der Waals surface area contributed by atoms with Crippen LogP contribution < -0.4 is 9.64 Å². The lowest BCUT2D eigenvalue weighted by atomic mass is 10.1. The van der Waals surface area contributed by atoms with Crippen molar-refractivity contribution in [1.29, 1.82) is 0 Å². The van der Waals surface area contributed by atoms with Gasteiger partial charge in [0.25, 0.3) is 5.88 Å². The second kappa shape index (κ2) is 7.40. The average molecular weight is 281 g/mol.